The normalized spacial score (nSPS) is 32.5. The van der Waals surface area contributed by atoms with E-state index in [9.17, 15) is 4.79 Å². The van der Waals surface area contributed by atoms with Gasteiger partial charge in [0.1, 0.15) is 0 Å². The average Bonchev–Trinajstić information content (AvgIpc) is 2.49. The fraction of sp³-hybridized carbons (Fsp3) is 0.619. The first kappa shape index (κ1) is 17.0. The number of anilines is 1. The molecule has 134 valence electrons. The molecule has 2 N–H and O–H groups in total. The Bertz CT molecular complexity index is 677. The van der Waals surface area contributed by atoms with Crippen LogP contribution < -0.4 is 10.6 Å². The second kappa shape index (κ2) is 6.39. The van der Waals surface area contributed by atoms with Gasteiger partial charge in [-0.15, -0.1) is 0 Å². The van der Waals surface area contributed by atoms with Crippen LogP contribution >= 0.6 is 12.2 Å². The number of rotatable bonds is 3. The molecule has 0 spiro atoms. The Balaban J connectivity index is 1.36. The van der Waals surface area contributed by atoms with E-state index >= 15 is 0 Å². The van der Waals surface area contributed by atoms with Crippen molar-refractivity contribution in [3.05, 3.63) is 29.3 Å². The summed E-state index contributed by atoms with van der Waals surface area (Å²) >= 11 is 5.38. The first-order chi connectivity index (χ1) is 11.9. The first-order valence-electron chi connectivity index (χ1n) is 9.59. The summed E-state index contributed by atoms with van der Waals surface area (Å²) < 4.78 is 0. The predicted octanol–water partition coefficient (Wildman–Crippen LogP) is 4.72. The zero-order chi connectivity index (χ0) is 17.6. The van der Waals surface area contributed by atoms with E-state index in [2.05, 4.69) is 30.5 Å². The van der Waals surface area contributed by atoms with Crippen molar-refractivity contribution in [3.63, 3.8) is 0 Å². The number of benzene rings is 1. The number of hydrogen-bond acceptors (Lipinski definition) is 2. The van der Waals surface area contributed by atoms with E-state index in [4.69, 9.17) is 12.2 Å². The molecule has 4 aliphatic carbocycles. The van der Waals surface area contributed by atoms with Crippen LogP contribution in [-0.4, -0.2) is 11.0 Å². The zero-order valence-corrected chi connectivity index (χ0v) is 16.0. The summed E-state index contributed by atoms with van der Waals surface area (Å²) in [7, 11) is 0. The Morgan fingerprint density at radius 1 is 1.12 bits per heavy atom. The molecule has 4 saturated carbocycles. The molecular weight excluding hydrogens is 328 g/mol. The maximum atomic E-state index is 12.6. The van der Waals surface area contributed by atoms with Crippen LogP contribution in [0.3, 0.4) is 0 Å². The van der Waals surface area contributed by atoms with Crippen molar-refractivity contribution in [3.8, 4) is 0 Å². The number of thiocarbonyl (C=S) groups is 1. The van der Waals surface area contributed by atoms with Crippen molar-refractivity contribution < 1.29 is 4.79 Å². The molecule has 1 aromatic carbocycles. The third-order valence-corrected chi connectivity index (χ3v) is 7.01. The van der Waals surface area contributed by atoms with Gasteiger partial charge in [0.15, 0.2) is 5.11 Å². The lowest BCUT2D eigenvalue weighted by atomic mass is 9.49. The van der Waals surface area contributed by atoms with E-state index in [1.807, 2.05) is 12.1 Å². The highest BCUT2D eigenvalue weighted by Crippen LogP contribution is 2.61. The van der Waals surface area contributed by atoms with Gasteiger partial charge in [0.05, 0.1) is 0 Å². The van der Waals surface area contributed by atoms with Crippen LogP contribution in [0.15, 0.2) is 18.2 Å². The monoisotopic (exact) mass is 356 g/mol. The van der Waals surface area contributed by atoms with E-state index in [1.165, 1.54) is 49.7 Å². The van der Waals surface area contributed by atoms with Crippen LogP contribution in [0.2, 0.25) is 0 Å². The van der Waals surface area contributed by atoms with E-state index in [1.54, 1.807) is 0 Å². The van der Waals surface area contributed by atoms with E-state index < -0.39 is 0 Å². The molecule has 0 saturated heterocycles. The van der Waals surface area contributed by atoms with Gasteiger partial charge < -0.3 is 10.6 Å². The summed E-state index contributed by atoms with van der Waals surface area (Å²) in [5.41, 5.74) is 3.61. The fourth-order valence-corrected chi connectivity index (χ4v) is 6.28. The fourth-order valence-electron chi connectivity index (χ4n) is 6.06. The quantitative estimate of drug-likeness (QED) is 0.770. The maximum absolute atomic E-state index is 12.6. The Morgan fingerprint density at radius 2 is 1.72 bits per heavy atom. The minimum Gasteiger partial charge on any atom is -0.332 e. The Hall–Kier alpha value is -1.42. The van der Waals surface area contributed by atoms with Gasteiger partial charge in [-0.1, -0.05) is 12.1 Å². The first-order valence-corrected chi connectivity index (χ1v) is 10.0. The number of carbonyl (C=O) groups is 1. The summed E-state index contributed by atoms with van der Waals surface area (Å²) in [5, 5.41) is 6.54. The number of carbonyl (C=O) groups excluding carboxylic acids is 1. The van der Waals surface area contributed by atoms with E-state index in [0.717, 1.165) is 23.4 Å². The molecule has 0 unspecified atom stereocenters. The molecule has 25 heavy (non-hydrogen) atoms. The van der Waals surface area contributed by atoms with Crippen molar-refractivity contribution in [1.82, 2.24) is 5.32 Å². The largest absolute Gasteiger partial charge is 0.332 e. The average molecular weight is 357 g/mol. The molecule has 3 nitrogen and oxygen atoms in total. The van der Waals surface area contributed by atoms with Crippen molar-refractivity contribution in [2.75, 3.05) is 5.32 Å². The molecule has 0 aromatic heterocycles. The minimum atomic E-state index is 0.0877. The highest BCUT2D eigenvalue weighted by atomic mass is 32.1. The third kappa shape index (κ3) is 3.46. The number of nitrogens with one attached hydrogen (secondary N) is 2. The van der Waals surface area contributed by atoms with Crippen molar-refractivity contribution in [2.45, 2.75) is 58.8 Å². The van der Waals surface area contributed by atoms with Gasteiger partial charge in [-0.05, 0) is 105 Å². The molecule has 1 amide bonds. The molecule has 4 bridgehead atoms. The van der Waals surface area contributed by atoms with Gasteiger partial charge in [-0.3, -0.25) is 4.79 Å². The molecule has 0 aliphatic heterocycles. The highest BCUT2D eigenvalue weighted by Gasteiger charge is 2.51. The summed E-state index contributed by atoms with van der Waals surface area (Å²) in [6.45, 7) is 4.15. The van der Waals surface area contributed by atoms with Gasteiger partial charge in [0.25, 0.3) is 0 Å². The molecule has 1 aromatic rings. The molecule has 5 rings (SSSR count). The molecule has 4 heteroatoms. The van der Waals surface area contributed by atoms with Crippen LogP contribution in [0, 0.1) is 37.0 Å². The minimum absolute atomic E-state index is 0.0877. The van der Waals surface area contributed by atoms with E-state index in [-0.39, 0.29) is 11.3 Å². The lowest BCUT2D eigenvalue weighted by Crippen LogP contribution is -2.48. The molecule has 4 fully saturated rings. The highest BCUT2D eigenvalue weighted by molar-refractivity contribution is 7.80. The molecular formula is C21H28N2OS. The summed E-state index contributed by atoms with van der Waals surface area (Å²) in [5.74, 6) is 2.71. The Morgan fingerprint density at radius 3 is 2.32 bits per heavy atom. The van der Waals surface area contributed by atoms with Gasteiger partial charge >= 0.3 is 0 Å². The topological polar surface area (TPSA) is 41.1 Å². The van der Waals surface area contributed by atoms with Crippen molar-refractivity contribution in [1.29, 1.82) is 0 Å². The summed E-state index contributed by atoms with van der Waals surface area (Å²) in [6, 6.07) is 6.08. The number of hydrogen-bond donors (Lipinski definition) is 2. The van der Waals surface area contributed by atoms with Gasteiger partial charge in [-0.25, -0.2) is 0 Å². The van der Waals surface area contributed by atoms with Gasteiger partial charge in [-0.2, -0.15) is 0 Å². The van der Waals surface area contributed by atoms with Crippen LogP contribution in [-0.2, 0) is 4.79 Å². The Kier molecular flexibility index (Phi) is 4.35. The lowest BCUT2D eigenvalue weighted by Gasteiger charge is -2.56. The standard InChI is InChI=1S/C21H28N2OS/c1-13-4-3-5-18(14(13)2)22-20(25)23-19(24)12-21-9-15-6-16(10-21)8-17(7-15)11-21/h3-5,15-17H,6-12H2,1-2H3,(H2,22,23,24,25). The van der Waals surface area contributed by atoms with Crippen LogP contribution in [0.25, 0.3) is 0 Å². The second-order valence-corrected chi connectivity index (χ2v) is 9.25. The van der Waals surface area contributed by atoms with Crippen molar-refractivity contribution >= 4 is 28.9 Å². The molecule has 0 atom stereocenters. The third-order valence-electron chi connectivity index (χ3n) is 6.81. The second-order valence-electron chi connectivity index (χ2n) is 8.84. The Labute approximate surface area is 156 Å². The van der Waals surface area contributed by atoms with Gasteiger partial charge in [0, 0.05) is 12.1 Å². The summed E-state index contributed by atoms with van der Waals surface area (Å²) in [4.78, 5) is 12.6. The van der Waals surface area contributed by atoms with Crippen LogP contribution in [0.5, 0.6) is 0 Å². The summed E-state index contributed by atoms with van der Waals surface area (Å²) in [6.07, 6.45) is 8.64. The SMILES string of the molecule is Cc1cccc(NC(=S)NC(=O)CC23CC4CC(CC(C4)C2)C3)c1C. The molecule has 0 heterocycles. The smallest absolute Gasteiger partial charge is 0.226 e. The maximum Gasteiger partial charge on any atom is 0.226 e. The lowest BCUT2D eigenvalue weighted by molar-refractivity contribution is -0.127. The number of aryl methyl sites for hydroxylation is 1. The van der Waals surface area contributed by atoms with Gasteiger partial charge in [0.2, 0.25) is 5.91 Å². The predicted molar refractivity (Wildman–Crippen MR) is 106 cm³/mol. The molecule has 4 aliphatic rings. The van der Waals surface area contributed by atoms with Crippen LogP contribution in [0.4, 0.5) is 5.69 Å². The van der Waals surface area contributed by atoms with E-state index in [0.29, 0.717) is 11.5 Å². The number of amides is 1. The van der Waals surface area contributed by atoms with Crippen molar-refractivity contribution in [2.24, 2.45) is 23.2 Å². The van der Waals surface area contributed by atoms with Crippen LogP contribution in [0.1, 0.15) is 56.1 Å². The zero-order valence-electron chi connectivity index (χ0n) is 15.2. The molecule has 0 radical (unpaired) electrons.